The molecule has 120 valence electrons. The summed E-state index contributed by atoms with van der Waals surface area (Å²) in [5.74, 6) is 1.55. The number of guanidine groups is 1. The molecule has 2 aliphatic carbocycles. The van der Waals surface area contributed by atoms with Gasteiger partial charge < -0.3 is 15.7 Å². The minimum absolute atomic E-state index is 0.108. The second-order valence-electron chi connectivity index (χ2n) is 6.48. The summed E-state index contributed by atoms with van der Waals surface area (Å²) in [6.45, 7) is 2.85. The second-order valence-corrected chi connectivity index (χ2v) is 6.48. The Morgan fingerprint density at radius 1 is 1.14 bits per heavy atom. The maximum Gasteiger partial charge on any atom is 0.191 e. The van der Waals surface area contributed by atoms with E-state index in [1.807, 2.05) is 0 Å². The fourth-order valence-corrected chi connectivity index (χ4v) is 3.30. The van der Waals surface area contributed by atoms with Crippen molar-refractivity contribution in [3.63, 3.8) is 0 Å². The van der Waals surface area contributed by atoms with Gasteiger partial charge in [0, 0.05) is 24.5 Å². The van der Waals surface area contributed by atoms with Crippen molar-refractivity contribution in [1.82, 2.24) is 10.6 Å². The molecule has 2 saturated carbocycles. The minimum atomic E-state index is -0.108. The number of rotatable bonds is 4. The van der Waals surface area contributed by atoms with Gasteiger partial charge in [0.15, 0.2) is 5.96 Å². The maximum atomic E-state index is 9.61. The van der Waals surface area contributed by atoms with Crippen molar-refractivity contribution in [2.24, 2.45) is 4.99 Å². The van der Waals surface area contributed by atoms with E-state index in [2.05, 4.69) is 52.9 Å². The highest BCUT2D eigenvalue weighted by Gasteiger charge is 2.39. The molecule has 0 saturated heterocycles. The average Bonchev–Trinajstić information content (AvgIpc) is 3.30. The molecule has 1 aromatic rings. The predicted octanol–water partition coefficient (Wildman–Crippen LogP) is 2.40. The molecule has 0 aliphatic heterocycles. The number of aliphatic hydroxyl groups is 1. The molecule has 0 radical (unpaired) electrons. The van der Waals surface area contributed by atoms with Gasteiger partial charge in [0.25, 0.3) is 0 Å². The summed E-state index contributed by atoms with van der Waals surface area (Å²) in [5.41, 5.74) is 1.41. The summed E-state index contributed by atoms with van der Waals surface area (Å²) in [4.78, 5) is 4.58. The first-order valence-electron chi connectivity index (χ1n) is 8.56. The number of aliphatic hydroxyl groups excluding tert-OH is 1. The van der Waals surface area contributed by atoms with E-state index in [0.29, 0.717) is 18.0 Å². The number of hydrogen-bond donors (Lipinski definition) is 3. The summed E-state index contributed by atoms with van der Waals surface area (Å²) in [5, 5.41) is 16.7. The first-order chi connectivity index (χ1) is 10.8. The van der Waals surface area contributed by atoms with Crippen LogP contribution in [0.4, 0.5) is 0 Å². The van der Waals surface area contributed by atoms with Crippen LogP contribution in [0.15, 0.2) is 35.3 Å². The molecule has 4 heteroatoms. The van der Waals surface area contributed by atoms with E-state index in [1.54, 1.807) is 0 Å². The number of nitrogens with one attached hydrogen (secondary N) is 2. The SMILES string of the molecule is CCN=C(NC1CCC(O)CC1)NC1CC1c1ccccc1. The van der Waals surface area contributed by atoms with Gasteiger partial charge in [-0.2, -0.15) is 0 Å². The Hall–Kier alpha value is -1.55. The van der Waals surface area contributed by atoms with Crippen LogP contribution in [0.2, 0.25) is 0 Å². The molecule has 0 aromatic heterocycles. The van der Waals surface area contributed by atoms with Crippen LogP contribution in [0.3, 0.4) is 0 Å². The Balaban J connectivity index is 1.52. The zero-order valence-corrected chi connectivity index (χ0v) is 13.3. The molecule has 2 atom stereocenters. The van der Waals surface area contributed by atoms with E-state index in [4.69, 9.17) is 0 Å². The summed E-state index contributed by atoms with van der Waals surface area (Å²) in [6, 6.07) is 11.6. The zero-order valence-electron chi connectivity index (χ0n) is 13.3. The van der Waals surface area contributed by atoms with Crippen molar-refractivity contribution in [2.45, 2.75) is 63.1 Å². The van der Waals surface area contributed by atoms with Gasteiger partial charge in [0.1, 0.15) is 0 Å². The van der Waals surface area contributed by atoms with Crippen molar-refractivity contribution in [1.29, 1.82) is 0 Å². The number of hydrogen-bond acceptors (Lipinski definition) is 2. The number of benzene rings is 1. The van der Waals surface area contributed by atoms with Gasteiger partial charge in [-0.25, -0.2) is 0 Å². The first kappa shape index (κ1) is 15.3. The second kappa shape index (κ2) is 7.14. The Morgan fingerprint density at radius 2 is 1.86 bits per heavy atom. The van der Waals surface area contributed by atoms with E-state index in [1.165, 1.54) is 12.0 Å². The van der Waals surface area contributed by atoms with Crippen LogP contribution in [0, 0.1) is 0 Å². The molecular weight excluding hydrogens is 274 g/mol. The third-order valence-corrected chi connectivity index (χ3v) is 4.69. The Kier molecular flexibility index (Phi) is 4.98. The average molecular weight is 301 g/mol. The van der Waals surface area contributed by atoms with Crippen LogP contribution < -0.4 is 10.6 Å². The van der Waals surface area contributed by atoms with E-state index < -0.39 is 0 Å². The number of nitrogens with zero attached hydrogens (tertiary/aromatic N) is 1. The normalized spacial score (nSPS) is 31.6. The van der Waals surface area contributed by atoms with Crippen molar-refractivity contribution < 1.29 is 5.11 Å². The smallest absolute Gasteiger partial charge is 0.191 e. The van der Waals surface area contributed by atoms with Gasteiger partial charge in [-0.3, -0.25) is 4.99 Å². The van der Waals surface area contributed by atoms with Gasteiger partial charge in [0.2, 0.25) is 0 Å². The number of aliphatic imine (C=N–C) groups is 1. The molecule has 22 heavy (non-hydrogen) atoms. The van der Waals surface area contributed by atoms with E-state index in [0.717, 1.165) is 38.2 Å². The zero-order chi connectivity index (χ0) is 15.4. The predicted molar refractivity (Wildman–Crippen MR) is 90.1 cm³/mol. The van der Waals surface area contributed by atoms with Gasteiger partial charge >= 0.3 is 0 Å². The maximum absolute atomic E-state index is 9.61. The summed E-state index contributed by atoms with van der Waals surface area (Å²) < 4.78 is 0. The van der Waals surface area contributed by atoms with Gasteiger partial charge in [-0.05, 0) is 44.6 Å². The van der Waals surface area contributed by atoms with Crippen LogP contribution in [-0.2, 0) is 0 Å². The lowest BCUT2D eigenvalue weighted by Crippen LogP contribution is -2.46. The minimum Gasteiger partial charge on any atom is -0.393 e. The van der Waals surface area contributed by atoms with Crippen molar-refractivity contribution in [3.8, 4) is 0 Å². The molecule has 2 fully saturated rings. The molecule has 0 heterocycles. The Bertz CT molecular complexity index is 494. The lowest BCUT2D eigenvalue weighted by atomic mass is 9.93. The van der Waals surface area contributed by atoms with Gasteiger partial charge in [-0.1, -0.05) is 30.3 Å². The van der Waals surface area contributed by atoms with Gasteiger partial charge in [0.05, 0.1) is 6.10 Å². The van der Waals surface area contributed by atoms with Crippen LogP contribution in [0.1, 0.15) is 50.5 Å². The molecule has 4 nitrogen and oxygen atoms in total. The Labute approximate surface area is 133 Å². The lowest BCUT2D eigenvalue weighted by Gasteiger charge is -2.27. The van der Waals surface area contributed by atoms with E-state index >= 15 is 0 Å². The van der Waals surface area contributed by atoms with Gasteiger partial charge in [-0.15, -0.1) is 0 Å². The molecule has 2 unspecified atom stereocenters. The first-order valence-corrected chi connectivity index (χ1v) is 8.56. The van der Waals surface area contributed by atoms with E-state index in [9.17, 15) is 5.11 Å². The molecule has 0 spiro atoms. The van der Waals surface area contributed by atoms with Crippen molar-refractivity contribution in [2.75, 3.05) is 6.54 Å². The largest absolute Gasteiger partial charge is 0.393 e. The van der Waals surface area contributed by atoms with E-state index in [-0.39, 0.29) is 6.10 Å². The lowest BCUT2D eigenvalue weighted by molar-refractivity contribution is 0.120. The fourth-order valence-electron chi connectivity index (χ4n) is 3.30. The highest BCUT2D eigenvalue weighted by molar-refractivity contribution is 5.81. The molecule has 0 amide bonds. The van der Waals surface area contributed by atoms with Crippen LogP contribution in [-0.4, -0.2) is 35.8 Å². The molecule has 2 aliphatic rings. The highest BCUT2D eigenvalue weighted by atomic mass is 16.3. The van der Waals surface area contributed by atoms with Crippen LogP contribution in [0.25, 0.3) is 0 Å². The molecule has 3 N–H and O–H groups in total. The Morgan fingerprint density at radius 3 is 2.55 bits per heavy atom. The molecular formula is C18H27N3O. The molecule has 3 rings (SSSR count). The third kappa shape index (κ3) is 4.01. The van der Waals surface area contributed by atoms with Crippen LogP contribution >= 0.6 is 0 Å². The topological polar surface area (TPSA) is 56.7 Å². The molecule has 1 aromatic carbocycles. The summed E-state index contributed by atoms with van der Waals surface area (Å²) in [6.07, 6.45) is 4.91. The van der Waals surface area contributed by atoms with Crippen LogP contribution in [0.5, 0.6) is 0 Å². The summed E-state index contributed by atoms with van der Waals surface area (Å²) >= 11 is 0. The third-order valence-electron chi connectivity index (χ3n) is 4.69. The highest BCUT2D eigenvalue weighted by Crippen LogP contribution is 2.40. The van der Waals surface area contributed by atoms with Crippen molar-refractivity contribution in [3.05, 3.63) is 35.9 Å². The van der Waals surface area contributed by atoms with Crippen molar-refractivity contribution >= 4 is 5.96 Å². The standard InChI is InChI=1S/C18H27N3O/c1-2-19-18(20-14-8-10-15(22)11-9-14)21-17-12-16(17)13-6-4-3-5-7-13/h3-7,14-17,22H,2,8-12H2,1H3,(H2,19,20,21). The molecule has 0 bridgehead atoms. The fraction of sp³-hybridized carbons (Fsp3) is 0.611. The monoisotopic (exact) mass is 301 g/mol. The summed E-state index contributed by atoms with van der Waals surface area (Å²) in [7, 11) is 0. The quantitative estimate of drug-likeness (QED) is 0.591.